The van der Waals surface area contributed by atoms with E-state index in [0.717, 1.165) is 12.8 Å². The number of fused-ring (bicyclic) bond motifs is 2. The van der Waals surface area contributed by atoms with Gasteiger partial charge < -0.3 is 29.7 Å². The van der Waals surface area contributed by atoms with Gasteiger partial charge in [-0.1, -0.05) is 91.2 Å². The van der Waals surface area contributed by atoms with Crippen LogP contribution >= 0.6 is 11.6 Å². The second kappa shape index (κ2) is 14.4. The van der Waals surface area contributed by atoms with Gasteiger partial charge in [-0.15, -0.1) is 0 Å². The van der Waals surface area contributed by atoms with Crippen molar-refractivity contribution in [3.63, 3.8) is 0 Å². The third kappa shape index (κ3) is 6.46. The molecule has 2 N–H and O–H groups in total. The van der Waals surface area contributed by atoms with Gasteiger partial charge in [-0.25, -0.2) is 0 Å². The van der Waals surface area contributed by atoms with Crippen molar-refractivity contribution in [1.29, 1.82) is 0 Å². The van der Waals surface area contributed by atoms with Crippen molar-refractivity contribution in [1.82, 2.24) is 10.2 Å². The first-order valence-corrected chi connectivity index (χ1v) is 16.7. The zero-order chi connectivity index (χ0) is 33.0. The molecular weight excluding hydrogens is 622 g/mol. The third-order valence-corrected chi connectivity index (χ3v) is 9.81. The average Bonchev–Trinajstić information content (AvgIpc) is 3.45. The van der Waals surface area contributed by atoms with Gasteiger partial charge in [-0.3, -0.25) is 19.2 Å². The number of rotatable bonds is 8. The van der Waals surface area contributed by atoms with Crippen LogP contribution < -0.4 is 10.2 Å². The summed E-state index contributed by atoms with van der Waals surface area (Å²) in [7, 11) is 0. The van der Waals surface area contributed by atoms with E-state index in [0.29, 0.717) is 35.5 Å². The Morgan fingerprint density at radius 1 is 0.936 bits per heavy atom. The lowest BCUT2D eigenvalue weighted by Crippen LogP contribution is -2.55. The highest BCUT2D eigenvalue weighted by atomic mass is 35.5. The van der Waals surface area contributed by atoms with E-state index in [4.69, 9.17) is 21.1 Å². The number of likely N-dealkylation sites (tertiary alicyclic amines) is 1. The van der Waals surface area contributed by atoms with Crippen LogP contribution in [0.1, 0.15) is 50.2 Å². The minimum Gasteiger partial charge on any atom is -0.455 e. The molecule has 2 saturated heterocycles. The van der Waals surface area contributed by atoms with Gasteiger partial charge in [0.25, 0.3) is 5.91 Å². The molecule has 11 heteroatoms. The van der Waals surface area contributed by atoms with Gasteiger partial charge >= 0.3 is 5.97 Å². The van der Waals surface area contributed by atoms with Gasteiger partial charge in [0.2, 0.25) is 11.8 Å². The van der Waals surface area contributed by atoms with E-state index in [-0.39, 0.29) is 50.4 Å². The van der Waals surface area contributed by atoms with Crippen LogP contribution in [0.15, 0.2) is 78.9 Å². The Morgan fingerprint density at radius 2 is 1.70 bits per heavy atom. The first-order chi connectivity index (χ1) is 22.9. The predicted molar refractivity (Wildman–Crippen MR) is 175 cm³/mol. The van der Waals surface area contributed by atoms with Crippen molar-refractivity contribution in [2.75, 3.05) is 31.1 Å². The summed E-state index contributed by atoms with van der Waals surface area (Å²) in [6.45, 7) is 0.656. The first kappa shape index (κ1) is 32.9. The van der Waals surface area contributed by atoms with Gasteiger partial charge in [0.15, 0.2) is 0 Å². The molecule has 1 spiro atoms. The van der Waals surface area contributed by atoms with Crippen LogP contribution in [0.4, 0.5) is 5.69 Å². The Morgan fingerprint density at radius 3 is 2.49 bits per heavy atom. The number of allylic oxidation sites excluding steroid dienone is 1. The number of amides is 3. The molecule has 10 nitrogen and oxygen atoms in total. The summed E-state index contributed by atoms with van der Waals surface area (Å²) >= 11 is 6.56. The number of ether oxygens (including phenoxy) is 2. The SMILES string of the molecule is O=C1CC/C=C\[C@@H]2O[C@@]34C=CCN(c5ccccc5Cl)C(=O)[C@@H]3N(CCCCCCO)C(=O)[C@H]4[C@@H]2C(=O)O[C@@H](c2ccccc2)CN1. The normalized spacial score (nSPS) is 30.0. The summed E-state index contributed by atoms with van der Waals surface area (Å²) in [4.78, 5) is 59.2. The van der Waals surface area contributed by atoms with E-state index in [1.807, 2.05) is 36.4 Å². The lowest BCUT2D eigenvalue weighted by Gasteiger charge is -2.35. The van der Waals surface area contributed by atoms with E-state index in [2.05, 4.69) is 5.32 Å². The number of esters is 1. The number of cyclic esters (lactones) is 1. The van der Waals surface area contributed by atoms with Crippen LogP contribution in [0.25, 0.3) is 0 Å². The number of aliphatic hydroxyl groups excluding tert-OH is 1. The van der Waals surface area contributed by atoms with Crippen molar-refractivity contribution in [2.24, 2.45) is 11.8 Å². The highest BCUT2D eigenvalue weighted by molar-refractivity contribution is 6.34. The molecule has 2 aromatic carbocycles. The quantitative estimate of drug-likeness (QED) is 0.248. The van der Waals surface area contributed by atoms with Gasteiger partial charge in [0.05, 0.1) is 29.3 Å². The fraction of sp³-hybridized carbons (Fsp3) is 0.444. The summed E-state index contributed by atoms with van der Waals surface area (Å²) in [5.41, 5.74) is -0.213. The number of benzene rings is 2. The van der Waals surface area contributed by atoms with E-state index >= 15 is 0 Å². The zero-order valence-electron chi connectivity index (χ0n) is 26.1. The number of halogens is 1. The number of aliphatic hydroxyl groups is 1. The number of unbranched alkanes of at least 4 members (excludes halogenated alkanes) is 3. The molecule has 47 heavy (non-hydrogen) atoms. The van der Waals surface area contributed by atoms with Gasteiger partial charge in [0, 0.05) is 26.1 Å². The maximum atomic E-state index is 14.6. The lowest BCUT2D eigenvalue weighted by molar-refractivity contribution is -0.159. The zero-order valence-corrected chi connectivity index (χ0v) is 26.9. The van der Waals surface area contributed by atoms with Crippen LogP contribution in [-0.4, -0.2) is 77.7 Å². The second-order valence-corrected chi connectivity index (χ2v) is 12.8. The van der Waals surface area contributed by atoms with Crippen LogP contribution in [0, 0.1) is 11.8 Å². The van der Waals surface area contributed by atoms with Crippen LogP contribution in [0.5, 0.6) is 0 Å². The number of para-hydroxylation sites is 1. The Hall–Kier alpha value is -3.99. The van der Waals surface area contributed by atoms with Crippen molar-refractivity contribution in [3.05, 3.63) is 89.5 Å². The Kier molecular flexibility index (Phi) is 10.1. The van der Waals surface area contributed by atoms with E-state index in [9.17, 15) is 24.3 Å². The Bertz CT molecular complexity index is 1550. The van der Waals surface area contributed by atoms with Crippen LogP contribution in [0.2, 0.25) is 5.02 Å². The molecule has 4 aliphatic heterocycles. The number of anilines is 1. The summed E-state index contributed by atoms with van der Waals surface area (Å²) in [6, 6.07) is 15.2. The monoisotopic (exact) mass is 661 g/mol. The van der Waals surface area contributed by atoms with E-state index in [1.54, 1.807) is 52.3 Å². The minimum atomic E-state index is -1.44. The third-order valence-electron chi connectivity index (χ3n) is 9.49. The predicted octanol–water partition coefficient (Wildman–Crippen LogP) is 4.13. The molecule has 4 aliphatic rings. The minimum absolute atomic E-state index is 0.0775. The summed E-state index contributed by atoms with van der Waals surface area (Å²) in [5, 5.41) is 12.5. The van der Waals surface area contributed by atoms with Gasteiger partial charge in [0.1, 0.15) is 23.7 Å². The molecule has 0 unspecified atom stereocenters. The molecular formula is C36H40ClN3O7. The maximum absolute atomic E-state index is 14.6. The largest absolute Gasteiger partial charge is 0.455 e. The second-order valence-electron chi connectivity index (χ2n) is 12.4. The number of nitrogens with zero attached hydrogens (tertiary/aromatic N) is 2. The highest BCUT2D eigenvalue weighted by Gasteiger charge is 2.71. The van der Waals surface area contributed by atoms with Crippen molar-refractivity contribution >= 4 is 41.0 Å². The molecule has 0 aromatic heterocycles. The van der Waals surface area contributed by atoms with Crippen LogP contribution in [-0.2, 0) is 28.7 Å². The molecule has 0 bridgehead atoms. The smallest absolute Gasteiger partial charge is 0.313 e. The summed E-state index contributed by atoms with van der Waals surface area (Å²) in [6.07, 6.45) is 8.90. The topological polar surface area (TPSA) is 125 Å². The Labute approximate surface area is 279 Å². The Balaban J connectivity index is 1.40. The first-order valence-electron chi connectivity index (χ1n) is 16.4. The molecule has 0 radical (unpaired) electrons. The van der Waals surface area contributed by atoms with Gasteiger partial charge in [-0.05, 0) is 37.0 Å². The van der Waals surface area contributed by atoms with Crippen molar-refractivity contribution in [3.8, 4) is 0 Å². The molecule has 248 valence electrons. The molecule has 4 heterocycles. The number of carbonyl (C=O) groups is 4. The molecule has 2 fully saturated rings. The number of carbonyl (C=O) groups excluding carboxylic acids is 4. The van der Waals surface area contributed by atoms with Crippen molar-refractivity contribution in [2.45, 2.75) is 62.4 Å². The molecule has 0 aliphatic carbocycles. The fourth-order valence-electron chi connectivity index (χ4n) is 7.28. The summed E-state index contributed by atoms with van der Waals surface area (Å²) in [5.74, 6) is -3.55. The van der Waals surface area contributed by atoms with Crippen molar-refractivity contribution < 1.29 is 33.8 Å². The number of hydrogen-bond acceptors (Lipinski definition) is 7. The standard InChI is InChI=1S/C36H40ClN3O7/c37-25-15-6-7-16-26(25)39-21-12-19-36-31(33(43)40(32(36)34(39)44)20-10-1-2-11-22-41)30-27(47-36)17-8-9-18-29(42)38-23-28(46-35(30)45)24-13-4-3-5-14-24/h3-8,12-17,19,27-28,30-32,41H,1-2,9-11,18,20-23H2,(H,38,42)/b17-8-/t27-,28+,30+,31+,32-,36+/m0/s1. The maximum Gasteiger partial charge on any atom is 0.313 e. The lowest BCUT2D eigenvalue weighted by atomic mass is 9.78. The molecule has 2 aromatic rings. The molecule has 6 atom stereocenters. The molecule has 0 saturated carbocycles. The van der Waals surface area contributed by atoms with Crippen LogP contribution in [0.3, 0.4) is 0 Å². The number of hydrogen-bond donors (Lipinski definition) is 2. The average molecular weight is 662 g/mol. The van der Waals surface area contributed by atoms with Gasteiger partial charge in [-0.2, -0.15) is 0 Å². The van der Waals surface area contributed by atoms with E-state index < -0.39 is 41.7 Å². The fourth-order valence-corrected chi connectivity index (χ4v) is 7.52. The molecule has 6 rings (SSSR count). The van der Waals surface area contributed by atoms with E-state index in [1.165, 1.54) is 0 Å². The molecule has 3 amide bonds. The highest BCUT2D eigenvalue weighted by Crippen LogP contribution is 2.53. The number of nitrogens with one attached hydrogen (secondary N) is 1. The summed E-state index contributed by atoms with van der Waals surface area (Å²) < 4.78 is 12.9.